The molecule has 2 rings (SSSR count). The van der Waals surface area contributed by atoms with Crippen LogP contribution in [0, 0.1) is 18.3 Å². The van der Waals surface area contributed by atoms with Gasteiger partial charge in [0.25, 0.3) is 0 Å². The van der Waals surface area contributed by atoms with Gasteiger partial charge in [-0.15, -0.1) is 6.42 Å². The monoisotopic (exact) mass is 220 g/mol. The van der Waals surface area contributed by atoms with Gasteiger partial charge in [0, 0.05) is 19.0 Å². The summed E-state index contributed by atoms with van der Waals surface area (Å²) in [6.07, 6.45) is 9.62. The first-order valence-corrected chi connectivity index (χ1v) is 6.26. The van der Waals surface area contributed by atoms with Gasteiger partial charge in [-0.3, -0.25) is 9.69 Å². The molecule has 0 spiro atoms. The zero-order chi connectivity index (χ0) is 11.4. The van der Waals surface area contributed by atoms with Crippen molar-refractivity contribution in [3.63, 3.8) is 0 Å². The van der Waals surface area contributed by atoms with Gasteiger partial charge in [0.05, 0.1) is 6.54 Å². The van der Waals surface area contributed by atoms with Crippen LogP contribution in [0.5, 0.6) is 0 Å². The summed E-state index contributed by atoms with van der Waals surface area (Å²) in [7, 11) is 0. The topological polar surface area (TPSA) is 23.6 Å². The third-order valence-electron chi connectivity index (χ3n) is 3.67. The van der Waals surface area contributed by atoms with Crippen molar-refractivity contribution in [3.8, 4) is 12.3 Å². The second-order valence-corrected chi connectivity index (χ2v) is 4.79. The molecule has 88 valence electrons. The van der Waals surface area contributed by atoms with Crippen LogP contribution in [0.2, 0.25) is 0 Å². The molecule has 0 aromatic heterocycles. The molecule has 0 radical (unpaired) electrons. The zero-order valence-electron chi connectivity index (χ0n) is 9.82. The molecule has 3 heteroatoms. The number of likely N-dealkylation sites (tertiary alicyclic amines) is 2. The van der Waals surface area contributed by atoms with E-state index in [1.807, 2.05) is 4.90 Å². The number of piperidine rings is 1. The molecule has 0 unspecified atom stereocenters. The summed E-state index contributed by atoms with van der Waals surface area (Å²) in [5, 5.41) is 0. The van der Waals surface area contributed by atoms with Gasteiger partial charge in [0.2, 0.25) is 5.91 Å². The van der Waals surface area contributed by atoms with E-state index in [1.54, 1.807) is 0 Å². The standard InChI is InChI=1S/C13H20N2O/c1-2-7-14-10-5-12(6-11-14)13(16)15-8-3-4-9-15/h1,12H,3-11H2. The Labute approximate surface area is 97.8 Å². The minimum atomic E-state index is 0.257. The molecule has 2 aliphatic rings. The Bertz CT molecular complexity index is 281. The molecular formula is C13H20N2O. The number of hydrogen-bond acceptors (Lipinski definition) is 2. The van der Waals surface area contributed by atoms with Crippen molar-refractivity contribution >= 4 is 5.91 Å². The molecule has 0 aromatic rings. The van der Waals surface area contributed by atoms with E-state index in [1.165, 1.54) is 12.8 Å². The second-order valence-electron chi connectivity index (χ2n) is 4.79. The van der Waals surface area contributed by atoms with E-state index in [0.29, 0.717) is 5.91 Å². The Balaban J connectivity index is 1.80. The highest BCUT2D eigenvalue weighted by Crippen LogP contribution is 2.21. The number of terminal acetylenes is 1. The summed E-state index contributed by atoms with van der Waals surface area (Å²) < 4.78 is 0. The van der Waals surface area contributed by atoms with Crippen LogP contribution in [0.25, 0.3) is 0 Å². The molecule has 0 bridgehead atoms. The fourth-order valence-corrected chi connectivity index (χ4v) is 2.66. The van der Waals surface area contributed by atoms with Gasteiger partial charge in [-0.25, -0.2) is 0 Å². The smallest absolute Gasteiger partial charge is 0.225 e. The zero-order valence-corrected chi connectivity index (χ0v) is 9.82. The first-order chi connectivity index (χ1) is 7.81. The molecule has 0 aliphatic carbocycles. The van der Waals surface area contributed by atoms with Crippen molar-refractivity contribution in [1.29, 1.82) is 0 Å². The summed E-state index contributed by atoms with van der Waals surface area (Å²) in [6.45, 7) is 4.64. The molecule has 0 N–H and O–H groups in total. The van der Waals surface area contributed by atoms with Gasteiger partial charge < -0.3 is 4.90 Å². The van der Waals surface area contributed by atoms with Gasteiger partial charge in [-0.2, -0.15) is 0 Å². The average Bonchev–Trinajstić information content (AvgIpc) is 2.83. The molecule has 2 saturated heterocycles. The van der Waals surface area contributed by atoms with Crippen LogP contribution in [-0.2, 0) is 4.79 Å². The predicted octanol–water partition coefficient (Wildman–Crippen LogP) is 0.954. The van der Waals surface area contributed by atoms with Crippen LogP contribution in [0.1, 0.15) is 25.7 Å². The normalized spacial score (nSPS) is 23.3. The highest BCUT2D eigenvalue weighted by Gasteiger charge is 2.29. The number of carbonyl (C=O) groups is 1. The molecule has 0 saturated carbocycles. The summed E-state index contributed by atoms with van der Waals surface area (Å²) >= 11 is 0. The molecule has 1 amide bonds. The Morgan fingerprint density at radius 1 is 1.19 bits per heavy atom. The molecule has 3 nitrogen and oxygen atoms in total. The molecule has 0 aromatic carbocycles. The summed E-state index contributed by atoms with van der Waals surface area (Å²) in [4.78, 5) is 16.4. The maximum absolute atomic E-state index is 12.1. The quantitative estimate of drug-likeness (QED) is 0.647. The largest absolute Gasteiger partial charge is 0.342 e. The molecule has 2 fully saturated rings. The van der Waals surface area contributed by atoms with Gasteiger partial charge in [0.1, 0.15) is 0 Å². The third kappa shape index (κ3) is 2.56. The number of rotatable bonds is 2. The molecule has 2 heterocycles. The lowest BCUT2D eigenvalue weighted by molar-refractivity contribution is -0.135. The fraction of sp³-hybridized carbons (Fsp3) is 0.769. The van der Waals surface area contributed by atoms with E-state index in [0.717, 1.165) is 45.6 Å². The Kier molecular flexibility index (Phi) is 3.84. The first-order valence-electron chi connectivity index (χ1n) is 6.26. The second kappa shape index (κ2) is 5.36. The number of hydrogen-bond donors (Lipinski definition) is 0. The van der Waals surface area contributed by atoms with Crippen molar-refractivity contribution in [1.82, 2.24) is 9.80 Å². The van der Waals surface area contributed by atoms with Crippen LogP contribution in [0.15, 0.2) is 0 Å². The van der Waals surface area contributed by atoms with E-state index in [-0.39, 0.29) is 5.92 Å². The van der Waals surface area contributed by atoms with E-state index in [4.69, 9.17) is 6.42 Å². The van der Waals surface area contributed by atoms with Crippen molar-refractivity contribution in [2.24, 2.45) is 5.92 Å². The highest BCUT2D eigenvalue weighted by molar-refractivity contribution is 5.79. The fourth-order valence-electron chi connectivity index (χ4n) is 2.66. The van der Waals surface area contributed by atoms with Crippen molar-refractivity contribution in [2.75, 3.05) is 32.7 Å². The van der Waals surface area contributed by atoms with Crippen LogP contribution >= 0.6 is 0 Å². The SMILES string of the molecule is C#CCN1CCC(C(=O)N2CCCC2)CC1. The summed E-state index contributed by atoms with van der Waals surface area (Å²) in [6, 6.07) is 0. The van der Waals surface area contributed by atoms with Gasteiger partial charge in [0.15, 0.2) is 0 Å². The van der Waals surface area contributed by atoms with Gasteiger partial charge in [-0.05, 0) is 38.8 Å². The van der Waals surface area contributed by atoms with Crippen LogP contribution < -0.4 is 0 Å². The van der Waals surface area contributed by atoms with Gasteiger partial charge >= 0.3 is 0 Å². The maximum atomic E-state index is 12.1. The van der Waals surface area contributed by atoms with Crippen LogP contribution in [-0.4, -0.2) is 48.4 Å². The van der Waals surface area contributed by atoms with Crippen molar-refractivity contribution in [3.05, 3.63) is 0 Å². The highest BCUT2D eigenvalue weighted by atomic mass is 16.2. The lowest BCUT2D eigenvalue weighted by Crippen LogP contribution is -2.41. The molecule has 2 aliphatic heterocycles. The number of carbonyl (C=O) groups excluding carboxylic acids is 1. The minimum absolute atomic E-state index is 0.257. The van der Waals surface area contributed by atoms with Gasteiger partial charge in [-0.1, -0.05) is 5.92 Å². The van der Waals surface area contributed by atoms with E-state index >= 15 is 0 Å². The van der Waals surface area contributed by atoms with E-state index in [2.05, 4.69) is 10.8 Å². The van der Waals surface area contributed by atoms with Crippen molar-refractivity contribution in [2.45, 2.75) is 25.7 Å². The first kappa shape index (κ1) is 11.5. The Morgan fingerprint density at radius 2 is 1.81 bits per heavy atom. The van der Waals surface area contributed by atoms with Crippen LogP contribution in [0.4, 0.5) is 0 Å². The number of amides is 1. The Hall–Kier alpha value is -1.01. The van der Waals surface area contributed by atoms with Crippen molar-refractivity contribution < 1.29 is 4.79 Å². The molecule has 0 atom stereocenters. The lowest BCUT2D eigenvalue weighted by atomic mass is 9.95. The minimum Gasteiger partial charge on any atom is -0.342 e. The number of nitrogens with zero attached hydrogens (tertiary/aromatic N) is 2. The lowest BCUT2D eigenvalue weighted by Gasteiger charge is -2.32. The summed E-state index contributed by atoms with van der Waals surface area (Å²) in [5.74, 6) is 3.31. The van der Waals surface area contributed by atoms with E-state index < -0.39 is 0 Å². The van der Waals surface area contributed by atoms with Crippen LogP contribution in [0.3, 0.4) is 0 Å². The third-order valence-corrected chi connectivity index (χ3v) is 3.67. The predicted molar refractivity (Wildman–Crippen MR) is 63.8 cm³/mol. The Morgan fingerprint density at radius 3 is 2.38 bits per heavy atom. The van der Waals surface area contributed by atoms with E-state index in [9.17, 15) is 4.79 Å². The molecular weight excluding hydrogens is 200 g/mol. The maximum Gasteiger partial charge on any atom is 0.225 e. The molecule has 16 heavy (non-hydrogen) atoms. The average molecular weight is 220 g/mol. The summed E-state index contributed by atoms with van der Waals surface area (Å²) in [5.41, 5.74) is 0.